The van der Waals surface area contributed by atoms with Crippen molar-refractivity contribution in [1.82, 2.24) is 9.88 Å². The molecule has 0 N–H and O–H groups in total. The van der Waals surface area contributed by atoms with Gasteiger partial charge in [-0.25, -0.2) is 4.98 Å². The van der Waals surface area contributed by atoms with Crippen molar-refractivity contribution >= 4 is 50.2 Å². The summed E-state index contributed by atoms with van der Waals surface area (Å²) in [6.07, 6.45) is 1.80. The first-order valence-corrected chi connectivity index (χ1v) is 8.92. The first kappa shape index (κ1) is 15.7. The minimum absolute atomic E-state index is 0.103. The maximum Gasteiger partial charge on any atom is 0.255 e. The van der Waals surface area contributed by atoms with Crippen molar-refractivity contribution in [1.29, 1.82) is 0 Å². The minimum atomic E-state index is 0.103. The first-order chi connectivity index (χ1) is 10.6. The molecule has 2 heterocycles. The second kappa shape index (κ2) is 6.95. The second-order valence-electron chi connectivity index (χ2n) is 5.09. The lowest BCUT2D eigenvalue weighted by molar-refractivity contribution is 0.0745. The number of anilines is 1. The van der Waals surface area contributed by atoms with Crippen molar-refractivity contribution in [2.75, 3.05) is 31.1 Å². The molecular formula is C16H15BrIN3O. The van der Waals surface area contributed by atoms with E-state index < -0.39 is 0 Å². The number of carbonyl (C=O) groups excluding carboxylic acids is 1. The summed E-state index contributed by atoms with van der Waals surface area (Å²) in [5, 5.41) is 0. The highest BCUT2D eigenvalue weighted by Crippen LogP contribution is 2.21. The zero-order valence-corrected chi connectivity index (χ0v) is 15.6. The van der Waals surface area contributed by atoms with E-state index in [4.69, 9.17) is 0 Å². The maximum absolute atomic E-state index is 12.7. The van der Waals surface area contributed by atoms with Crippen LogP contribution in [0, 0.1) is 3.57 Å². The van der Waals surface area contributed by atoms with Crippen LogP contribution in [0.4, 0.5) is 5.82 Å². The highest BCUT2D eigenvalue weighted by molar-refractivity contribution is 14.1. The fourth-order valence-electron chi connectivity index (χ4n) is 2.51. The van der Waals surface area contributed by atoms with E-state index in [9.17, 15) is 4.79 Å². The third kappa shape index (κ3) is 3.43. The largest absolute Gasteiger partial charge is 0.353 e. The molecule has 0 saturated carbocycles. The molecule has 1 aromatic heterocycles. The van der Waals surface area contributed by atoms with Crippen molar-refractivity contribution in [2.24, 2.45) is 0 Å². The van der Waals surface area contributed by atoms with Gasteiger partial charge in [-0.3, -0.25) is 4.79 Å². The van der Waals surface area contributed by atoms with Gasteiger partial charge in [-0.2, -0.15) is 0 Å². The molecule has 0 bridgehead atoms. The minimum Gasteiger partial charge on any atom is -0.353 e. The molecule has 6 heteroatoms. The summed E-state index contributed by atoms with van der Waals surface area (Å²) < 4.78 is 1.92. The van der Waals surface area contributed by atoms with Crippen LogP contribution in [0.25, 0.3) is 0 Å². The average molecular weight is 472 g/mol. The van der Waals surface area contributed by atoms with Crippen LogP contribution in [0.15, 0.2) is 47.1 Å². The first-order valence-electron chi connectivity index (χ1n) is 7.05. The Bertz CT molecular complexity index is 672. The van der Waals surface area contributed by atoms with Crippen molar-refractivity contribution in [3.8, 4) is 0 Å². The summed E-state index contributed by atoms with van der Waals surface area (Å²) in [5.41, 5.74) is 0.765. The molecule has 1 fully saturated rings. The molecule has 1 aliphatic rings. The molecule has 0 aliphatic carbocycles. The molecule has 0 unspecified atom stereocenters. The Balaban J connectivity index is 1.68. The number of amides is 1. The topological polar surface area (TPSA) is 36.4 Å². The molecule has 4 nitrogen and oxygen atoms in total. The van der Waals surface area contributed by atoms with Gasteiger partial charge in [0.05, 0.1) is 5.56 Å². The zero-order valence-electron chi connectivity index (χ0n) is 11.9. The van der Waals surface area contributed by atoms with Crippen molar-refractivity contribution in [3.05, 3.63) is 56.2 Å². The molecule has 3 rings (SSSR count). The molecule has 0 atom stereocenters. The number of hydrogen-bond donors (Lipinski definition) is 0. The Kier molecular flexibility index (Phi) is 4.97. The van der Waals surface area contributed by atoms with E-state index in [0.29, 0.717) is 0 Å². The van der Waals surface area contributed by atoms with Gasteiger partial charge in [-0.05, 0) is 52.9 Å². The van der Waals surface area contributed by atoms with Crippen LogP contribution in [-0.4, -0.2) is 42.0 Å². The molecule has 1 saturated heterocycles. The Labute approximate surface area is 151 Å². The number of piperazine rings is 1. The van der Waals surface area contributed by atoms with E-state index in [-0.39, 0.29) is 5.91 Å². The van der Waals surface area contributed by atoms with Crippen LogP contribution < -0.4 is 4.90 Å². The van der Waals surface area contributed by atoms with Crippen LogP contribution >= 0.6 is 38.5 Å². The van der Waals surface area contributed by atoms with E-state index in [1.165, 1.54) is 0 Å². The van der Waals surface area contributed by atoms with E-state index in [0.717, 1.165) is 45.6 Å². The van der Waals surface area contributed by atoms with Gasteiger partial charge in [-0.15, -0.1) is 0 Å². The number of hydrogen-bond acceptors (Lipinski definition) is 3. The maximum atomic E-state index is 12.7. The van der Waals surface area contributed by atoms with Crippen LogP contribution in [0.5, 0.6) is 0 Å². The lowest BCUT2D eigenvalue weighted by Gasteiger charge is -2.35. The molecule has 114 valence electrons. The number of halogens is 2. The van der Waals surface area contributed by atoms with Crippen LogP contribution in [0.1, 0.15) is 10.4 Å². The molecule has 22 heavy (non-hydrogen) atoms. The van der Waals surface area contributed by atoms with Gasteiger partial charge in [0.25, 0.3) is 5.91 Å². The van der Waals surface area contributed by atoms with E-state index >= 15 is 0 Å². The average Bonchev–Trinajstić information content (AvgIpc) is 2.57. The lowest BCUT2D eigenvalue weighted by Crippen LogP contribution is -2.49. The van der Waals surface area contributed by atoms with Crippen LogP contribution in [0.2, 0.25) is 0 Å². The van der Waals surface area contributed by atoms with Gasteiger partial charge in [-0.1, -0.05) is 22.0 Å². The smallest absolute Gasteiger partial charge is 0.255 e. The SMILES string of the molecule is O=C(c1cc(Br)ccc1I)N1CCN(c2ccccn2)CC1. The number of pyridine rings is 1. The summed E-state index contributed by atoms with van der Waals surface area (Å²) in [7, 11) is 0. The van der Waals surface area contributed by atoms with Crippen molar-refractivity contribution in [3.63, 3.8) is 0 Å². The highest BCUT2D eigenvalue weighted by atomic mass is 127. The quantitative estimate of drug-likeness (QED) is 0.630. The van der Waals surface area contributed by atoms with Gasteiger partial charge < -0.3 is 9.80 Å². The molecule has 2 aromatic rings. The monoisotopic (exact) mass is 471 g/mol. The van der Waals surface area contributed by atoms with Crippen molar-refractivity contribution in [2.45, 2.75) is 0 Å². The Morgan fingerprint density at radius 1 is 1.14 bits per heavy atom. The van der Waals surface area contributed by atoms with Gasteiger partial charge in [0.2, 0.25) is 0 Å². The molecule has 0 spiro atoms. The fourth-order valence-corrected chi connectivity index (χ4v) is 3.44. The van der Waals surface area contributed by atoms with Gasteiger partial charge in [0, 0.05) is 40.4 Å². The van der Waals surface area contributed by atoms with Crippen molar-refractivity contribution < 1.29 is 4.79 Å². The van der Waals surface area contributed by atoms with Gasteiger partial charge in [0.1, 0.15) is 5.82 Å². The summed E-state index contributed by atoms with van der Waals surface area (Å²) in [4.78, 5) is 21.2. The summed E-state index contributed by atoms with van der Waals surface area (Å²) >= 11 is 5.65. The molecular weight excluding hydrogens is 457 g/mol. The highest BCUT2D eigenvalue weighted by Gasteiger charge is 2.24. The standard InChI is InChI=1S/C16H15BrIN3O/c17-12-4-5-14(18)13(11-12)16(22)21-9-7-20(8-10-21)15-3-1-2-6-19-15/h1-6,11H,7-10H2. The Morgan fingerprint density at radius 3 is 2.59 bits per heavy atom. The third-order valence-corrected chi connectivity index (χ3v) is 5.13. The number of benzene rings is 1. The number of carbonyl (C=O) groups is 1. The fraction of sp³-hybridized carbons (Fsp3) is 0.250. The predicted octanol–water partition coefficient (Wildman–Crippen LogP) is 3.41. The number of aromatic nitrogens is 1. The van der Waals surface area contributed by atoms with Crippen LogP contribution in [0.3, 0.4) is 0 Å². The Morgan fingerprint density at radius 2 is 1.91 bits per heavy atom. The summed E-state index contributed by atoms with van der Waals surface area (Å²) in [5.74, 6) is 1.08. The van der Waals surface area contributed by atoms with Gasteiger partial charge >= 0.3 is 0 Å². The van der Waals surface area contributed by atoms with Crippen LogP contribution in [-0.2, 0) is 0 Å². The van der Waals surface area contributed by atoms with E-state index in [1.54, 1.807) is 6.20 Å². The predicted molar refractivity (Wildman–Crippen MR) is 99.2 cm³/mol. The third-order valence-electron chi connectivity index (χ3n) is 3.70. The lowest BCUT2D eigenvalue weighted by atomic mass is 10.2. The molecule has 1 aliphatic heterocycles. The Hall–Kier alpha value is -1.15. The zero-order chi connectivity index (χ0) is 15.5. The summed E-state index contributed by atoms with van der Waals surface area (Å²) in [6, 6.07) is 11.7. The summed E-state index contributed by atoms with van der Waals surface area (Å²) in [6.45, 7) is 3.07. The van der Waals surface area contributed by atoms with E-state index in [1.807, 2.05) is 41.3 Å². The van der Waals surface area contributed by atoms with E-state index in [2.05, 4.69) is 48.4 Å². The number of rotatable bonds is 2. The normalized spacial score (nSPS) is 15.0. The number of nitrogens with zero attached hydrogens (tertiary/aromatic N) is 3. The molecule has 1 aromatic carbocycles. The molecule has 0 radical (unpaired) electrons. The van der Waals surface area contributed by atoms with Gasteiger partial charge in [0.15, 0.2) is 0 Å². The second-order valence-corrected chi connectivity index (χ2v) is 7.17. The molecule has 1 amide bonds.